The molecule has 0 aliphatic rings. The fourth-order valence-electron chi connectivity index (χ4n) is 1.33. The standard InChI is InChI=1S/C12H18ClNO/c1-9(2)14-8-12(3,15)10-5-4-6-11(13)7-10/h4-7,9,14-15H,8H2,1-3H3. The lowest BCUT2D eigenvalue weighted by Gasteiger charge is -2.25. The van der Waals surface area contributed by atoms with Crippen molar-refractivity contribution in [1.82, 2.24) is 5.32 Å². The van der Waals surface area contributed by atoms with Gasteiger partial charge in [0.25, 0.3) is 0 Å². The summed E-state index contributed by atoms with van der Waals surface area (Å²) >= 11 is 5.88. The molecule has 0 aromatic heterocycles. The van der Waals surface area contributed by atoms with Crippen molar-refractivity contribution in [2.75, 3.05) is 6.54 Å². The van der Waals surface area contributed by atoms with Gasteiger partial charge in [-0.1, -0.05) is 37.6 Å². The van der Waals surface area contributed by atoms with E-state index in [9.17, 15) is 5.11 Å². The molecule has 1 aromatic rings. The number of hydrogen-bond donors (Lipinski definition) is 2. The Kier molecular flexibility index (Phi) is 4.14. The van der Waals surface area contributed by atoms with E-state index >= 15 is 0 Å². The normalized spacial score (nSPS) is 15.3. The van der Waals surface area contributed by atoms with Crippen LogP contribution in [0, 0.1) is 0 Å². The molecule has 0 fully saturated rings. The van der Waals surface area contributed by atoms with Crippen molar-refractivity contribution in [1.29, 1.82) is 0 Å². The van der Waals surface area contributed by atoms with Crippen molar-refractivity contribution in [3.8, 4) is 0 Å². The minimum absolute atomic E-state index is 0.357. The molecule has 15 heavy (non-hydrogen) atoms. The third-order valence-electron chi connectivity index (χ3n) is 2.30. The molecule has 0 bridgehead atoms. The highest BCUT2D eigenvalue weighted by Crippen LogP contribution is 2.22. The molecule has 0 radical (unpaired) electrons. The molecule has 1 unspecified atom stereocenters. The Labute approximate surface area is 96.3 Å². The van der Waals surface area contributed by atoms with Crippen molar-refractivity contribution in [2.45, 2.75) is 32.4 Å². The fourth-order valence-corrected chi connectivity index (χ4v) is 1.52. The van der Waals surface area contributed by atoms with Gasteiger partial charge in [0.05, 0.1) is 5.60 Å². The molecule has 1 atom stereocenters. The van der Waals surface area contributed by atoms with Gasteiger partial charge in [0.2, 0.25) is 0 Å². The van der Waals surface area contributed by atoms with E-state index < -0.39 is 5.60 Å². The van der Waals surface area contributed by atoms with E-state index in [-0.39, 0.29) is 0 Å². The molecule has 0 amide bonds. The van der Waals surface area contributed by atoms with E-state index in [0.29, 0.717) is 17.6 Å². The molecule has 1 aromatic carbocycles. The van der Waals surface area contributed by atoms with Crippen molar-refractivity contribution in [2.24, 2.45) is 0 Å². The SMILES string of the molecule is CC(C)NCC(C)(O)c1cccc(Cl)c1. The summed E-state index contributed by atoms with van der Waals surface area (Å²) < 4.78 is 0. The minimum Gasteiger partial charge on any atom is -0.384 e. The Morgan fingerprint density at radius 1 is 1.47 bits per heavy atom. The molecule has 0 aliphatic carbocycles. The average Bonchev–Trinajstić information content (AvgIpc) is 2.15. The van der Waals surface area contributed by atoms with Crippen LogP contribution in [-0.4, -0.2) is 17.7 Å². The van der Waals surface area contributed by atoms with Crippen LogP contribution in [0.5, 0.6) is 0 Å². The number of nitrogens with one attached hydrogen (secondary N) is 1. The van der Waals surface area contributed by atoms with E-state index in [4.69, 9.17) is 11.6 Å². The number of benzene rings is 1. The quantitative estimate of drug-likeness (QED) is 0.829. The molecule has 2 nitrogen and oxygen atoms in total. The zero-order valence-corrected chi connectivity index (χ0v) is 10.2. The molecule has 0 aliphatic heterocycles. The van der Waals surface area contributed by atoms with Gasteiger partial charge in [-0.3, -0.25) is 0 Å². The molecular weight excluding hydrogens is 210 g/mol. The number of aliphatic hydroxyl groups is 1. The molecule has 84 valence electrons. The summed E-state index contributed by atoms with van der Waals surface area (Å²) in [4.78, 5) is 0. The predicted octanol–water partition coefficient (Wildman–Crippen LogP) is 2.55. The van der Waals surface area contributed by atoms with Gasteiger partial charge in [-0.15, -0.1) is 0 Å². The number of hydrogen-bond acceptors (Lipinski definition) is 2. The second-order valence-corrected chi connectivity index (χ2v) is 4.76. The molecule has 0 saturated heterocycles. The summed E-state index contributed by atoms with van der Waals surface area (Å²) in [5.74, 6) is 0. The molecule has 0 heterocycles. The Hall–Kier alpha value is -0.570. The smallest absolute Gasteiger partial charge is 0.0992 e. The Morgan fingerprint density at radius 3 is 2.67 bits per heavy atom. The van der Waals surface area contributed by atoms with Crippen LogP contribution in [0.25, 0.3) is 0 Å². The van der Waals surface area contributed by atoms with Crippen molar-refractivity contribution >= 4 is 11.6 Å². The molecule has 2 N–H and O–H groups in total. The van der Waals surface area contributed by atoms with Crippen LogP contribution in [0.2, 0.25) is 5.02 Å². The van der Waals surface area contributed by atoms with E-state index in [2.05, 4.69) is 5.32 Å². The van der Waals surface area contributed by atoms with Crippen LogP contribution < -0.4 is 5.32 Å². The van der Waals surface area contributed by atoms with Gasteiger partial charge in [0, 0.05) is 17.6 Å². The first kappa shape index (κ1) is 12.5. The summed E-state index contributed by atoms with van der Waals surface area (Å²) in [6.07, 6.45) is 0. The zero-order valence-electron chi connectivity index (χ0n) is 9.42. The molecule has 0 saturated carbocycles. The summed E-state index contributed by atoms with van der Waals surface area (Å²) in [7, 11) is 0. The summed E-state index contributed by atoms with van der Waals surface area (Å²) in [5, 5.41) is 14.1. The van der Waals surface area contributed by atoms with E-state index in [1.165, 1.54) is 0 Å². The first-order chi connectivity index (χ1) is 6.92. The van der Waals surface area contributed by atoms with Gasteiger partial charge < -0.3 is 10.4 Å². The van der Waals surface area contributed by atoms with Crippen LogP contribution in [0.1, 0.15) is 26.3 Å². The first-order valence-electron chi connectivity index (χ1n) is 5.13. The fraction of sp³-hybridized carbons (Fsp3) is 0.500. The van der Waals surface area contributed by atoms with Crippen LogP contribution in [0.4, 0.5) is 0 Å². The van der Waals surface area contributed by atoms with Crippen LogP contribution in [0.15, 0.2) is 24.3 Å². The minimum atomic E-state index is -0.880. The van der Waals surface area contributed by atoms with Gasteiger partial charge in [-0.2, -0.15) is 0 Å². The van der Waals surface area contributed by atoms with Crippen molar-refractivity contribution in [3.05, 3.63) is 34.9 Å². The van der Waals surface area contributed by atoms with Gasteiger partial charge >= 0.3 is 0 Å². The van der Waals surface area contributed by atoms with E-state index in [0.717, 1.165) is 5.56 Å². The molecule has 3 heteroatoms. The maximum atomic E-state index is 10.2. The third-order valence-corrected chi connectivity index (χ3v) is 2.54. The van der Waals surface area contributed by atoms with Gasteiger partial charge in [-0.25, -0.2) is 0 Å². The second kappa shape index (κ2) is 4.97. The van der Waals surface area contributed by atoms with Crippen LogP contribution >= 0.6 is 11.6 Å². The monoisotopic (exact) mass is 227 g/mol. The third kappa shape index (κ3) is 3.82. The Morgan fingerprint density at radius 2 is 2.13 bits per heavy atom. The van der Waals surface area contributed by atoms with E-state index in [1.807, 2.05) is 26.0 Å². The van der Waals surface area contributed by atoms with E-state index in [1.54, 1.807) is 19.1 Å². The summed E-state index contributed by atoms with van der Waals surface area (Å²) in [6, 6.07) is 7.69. The first-order valence-corrected chi connectivity index (χ1v) is 5.51. The maximum absolute atomic E-state index is 10.2. The highest BCUT2D eigenvalue weighted by Gasteiger charge is 2.22. The van der Waals surface area contributed by atoms with Crippen molar-refractivity contribution < 1.29 is 5.11 Å². The topological polar surface area (TPSA) is 32.3 Å². The maximum Gasteiger partial charge on any atom is 0.0992 e. The molecule has 0 spiro atoms. The lowest BCUT2D eigenvalue weighted by Crippen LogP contribution is -2.38. The number of halogens is 1. The van der Waals surface area contributed by atoms with Gasteiger partial charge in [-0.05, 0) is 24.6 Å². The highest BCUT2D eigenvalue weighted by molar-refractivity contribution is 6.30. The highest BCUT2D eigenvalue weighted by atomic mass is 35.5. The lowest BCUT2D eigenvalue weighted by molar-refractivity contribution is 0.0549. The van der Waals surface area contributed by atoms with Gasteiger partial charge in [0.1, 0.15) is 0 Å². The molecule has 1 rings (SSSR count). The average molecular weight is 228 g/mol. The van der Waals surface area contributed by atoms with Crippen LogP contribution in [-0.2, 0) is 5.60 Å². The van der Waals surface area contributed by atoms with Crippen molar-refractivity contribution in [3.63, 3.8) is 0 Å². The largest absolute Gasteiger partial charge is 0.384 e. The van der Waals surface area contributed by atoms with Gasteiger partial charge in [0.15, 0.2) is 0 Å². The molecular formula is C12H18ClNO. The van der Waals surface area contributed by atoms with Crippen LogP contribution in [0.3, 0.4) is 0 Å². The summed E-state index contributed by atoms with van der Waals surface area (Å²) in [6.45, 7) is 6.40. The summed E-state index contributed by atoms with van der Waals surface area (Å²) in [5.41, 5.74) is -0.0435. The predicted molar refractivity (Wildman–Crippen MR) is 64.2 cm³/mol. The Balaban J connectivity index is 2.76. The second-order valence-electron chi connectivity index (χ2n) is 4.32. The Bertz CT molecular complexity index is 323. The number of rotatable bonds is 4. The lowest BCUT2D eigenvalue weighted by atomic mass is 9.96. The zero-order chi connectivity index (χ0) is 11.5.